The molecule has 0 aromatic carbocycles. The van der Waals surface area contributed by atoms with E-state index in [1.54, 1.807) is 17.8 Å². The van der Waals surface area contributed by atoms with Gasteiger partial charge in [-0.1, -0.05) is 0 Å². The van der Waals surface area contributed by atoms with Crippen molar-refractivity contribution in [2.45, 2.75) is 16.9 Å². The van der Waals surface area contributed by atoms with Crippen molar-refractivity contribution in [1.29, 1.82) is 0 Å². The largest absolute Gasteiger partial charge is 0.467 e. The monoisotopic (exact) mass is 287 g/mol. The molecule has 9 heteroatoms. The summed E-state index contributed by atoms with van der Waals surface area (Å²) in [6, 6.07) is 0.147. The maximum atomic E-state index is 9.07. The summed E-state index contributed by atoms with van der Waals surface area (Å²) < 4.78 is 6.65. The maximum absolute atomic E-state index is 9.07. The molecule has 0 bridgehead atoms. The molecule has 0 fully saturated rings. The van der Waals surface area contributed by atoms with Crippen molar-refractivity contribution in [3.8, 4) is 6.01 Å². The third-order valence-corrected chi connectivity index (χ3v) is 3.23. The van der Waals surface area contributed by atoms with E-state index >= 15 is 0 Å². The Balaban J connectivity index is 2.27. The number of imidazole rings is 1. The number of nitrogens with zero attached hydrogens (tertiary/aromatic N) is 5. The van der Waals surface area contributed by atoms with Crippen LogP contribution in [-0.2, 0) is 13.7 Å². The van der Waals surface area contributed by atoms with E-state index in [9.17, 15) is 0 Å². The molecule has 0 radical (unpaired) electrons. The highest BCUT2D eigenvalue weighted by Gasteiger charge is 2.12. The number of methoxy groups -OCH3 is 1. The Morgan fingerprint density at radius 2 is 2.22 bits per heavy atom. The van der Waals surface area contributed by atoms with Crippen LogP contribution in [0.3, 0.4) is 0 Å². The van der Waals surface area contributed by atoms with Gasteiger partial charge < -0.3 is 14.4 Å². The molecule has 2 rings (SSSR count). The molecule has 2 aromatic heterocycles. The number of aliphatic hydroxyl groups excluding tert-OH is 1. The Labute approximate surface area is 112 Å². The van der Waals surface area contributed by atoms with Crippen molar-refractivity contribution < 1.29 is 9.84 Å². The fraction of sp³-hybridized carbons (Fsp3) is 0.333. The molecule has 0 spiro atoms. The third-order valence-electron chi connectivity index (χ3n) is 2.14. The highest BCUT2D eigenvalue weighted by molar-refractivity contribution is 7.99. The van der Waals surface area contributed by atoms with Crippen LogP contribution >= 0.6 is 23.4 Å². The van der Waals surface area contributed by atoms with Crippen molar-refractivity contribution in [3.63, 3.8) is 0 Å². The number of rotatable bonds is 4. The first kappa shape index (κ1) is 13.1. The van der Waals surface area contributed by atoms with Crippen LogP contribution in [0.4, 0.5) is 0 Å². The zero-order chi connectivity index (χ0) is 13.1. The molecule has 0 aliphatic rings. The standard InChI is InChI=1S/C9H10ClN5O2S/c1-15-5(4-16)3-11-9(15)18-8-13-6(10)12-7(14-8)17-2/h3,16H,4H2,1-2H3. The molecule has 0 saturated carbocycles. The topological polar surface area (TPSA) is 86.0 Å². The van der Waals surface area contributed by atoms with Gasteiger partial charge in [0.05, 0.1) is 25.6 Å². The molecule has 18 heavy (non-hydrogen) atoms. The van der Waals surface area contributed by atoms with Gasteiger partial charge in [0.15, 0.2) is 5.16 Å². The first-order valence-electron chi connectivity index (χ1n) is 4.89. The van der Waals surface area contributed by atoms with Crippen molar-refractivity contribution in [1.82, 2.24) is 24.5 Å². The number of aromatic nitrogens is 5. The van der Waals surface area contributed by atoms with E-state index in [2.05, 4.69) is 19.9 Å². The zero-order valence-corrected chi connectivity index (χ0v) is 11.2. The van der Waals surface area contributed by atoms with E-state index in [1.807, 2.05) is 0 Å². The lowest BCUT2D eigenvalue weighted by Gasteiger charge is -2.04. The molecule has 0 atom stereocenters. The SMILES string of the molecule is COc1nc(Cl)nc(Sc2ncc(CO)n2C)n1. The molecule has 96 valence electrons. The second kappa shape index (κ2) is 5.51. The van der Waals surface area contributed by atoms with Gasteiger partial charge in [-0.2, -0.15) is 15.0 Å². The fourth-order valence-electron chi connectivity index (χ4n) is 1.20. The predicted molar refractivity (Wildman–Crippen MR) is 64.6 cm³/mol. The zero-order valence-electron chi connectivity index (χ0n) is 9.66. The molecule has 0 saturated heterocycles. The molecule has 1 N–H and O–H groups in total. The smallest absolute Gasteiger partial charge is 0.321 e. The van der Waals surface area contributed by atoms with Gasteiger partial charge in [0, 0.05) is 7.05 Å². The van der Waals surface area contributed by atoms with E-state index in [1.165, 1.54) is 18.9 Å². The molecule has 0 unspecified atom stereocenters. The summed E-state index contributed by atoms with van der Waals surface area (Å²) in [5, 5.41) is 10.1. The molecular weight excluding hydrogens is 278 g/mol. The van der Waals surface area contributed by atoms with E-state index in [0.717, 1.165) is 0 Å². The average molecular weight is 288 g/mol. The minimum absolute atomic E-state index is 0.0564. The van der Waals surface area contributed by atoms with Crippen LogP contribution in [0.5, 0.6) is 6.01 Å². The summed E-state index contributed by atoms with van der Waals surface area (Å²) in [6.07, 6.45) is 1.59. The second-order valence-electron chi connectivity index (χ2n) is 3.23. The van der Waals surface area contributed by atoms with Crippen LogP contribution in [0.25, 0.3) is 0 Å². The van der Waals surface area contributed by atoms with Gasteiger partial charge in [-0.25, -0.2) is 4.98 Å². The Hall–Kier alpha value is -1.38. The number of halogens is 1. The fourth-order valence-corrected chi connectivity index (χ4v) is 2.18. The average Bonchev–Trinajstić information content (AvgIpc) is 2.70. The molecule has 0 aliphatic heterocycles. The van der Waals surface area contributed by atoms with Gasteiger partial charge in [0.25, 0.3) is 0 Å². The summed E-state index contributed by atoms with van der Waals surface area (Å²) in [7, 11) is 3.24. The van der Waals surface area contributed by atoms with Crippen molar-refractivity contribution in [3.05, 3.63) is 17.2 Å². The highest BCUT2D eigenvalue weighted by Crippen LogP contribution is 2.25. The van der Waals surface area contributed by atoms with Gasteiger partial charge in [-0.15, -0.1) is 0 Å². The second-order valence-corrected chi connectivity index (χ2v) is 4.50. The number of aliphatic hydroxyl groups is 1. The van der Waals surface area contributed by atoms with Crippen molar-refractivity contribution in [2.75, 3.05) is 7.11 Å². The Morgan fingerprint density at radius 3 is 2.83 bits per heavy atom. The molecule has 2 heterocycles. The minimum atomic E-state index is -0.0780. The quantitative estimate of drug-likeness (QED) is 0.894. The van der Waals surface area contributed by atoms with Gasteiger partial charge in [-0.05, 0) is 23.4 Å². The van der Waals surface area contributed by atoms with Crippen LogP contribution in [0.2, 0.25) is 5.28 Å². The van der Waals surface area contributed by atoms with Crippen LogP contribution in [0.15, 0.2) is 16.5 Å². The molecule has 7 nitrogen and oxygen atoms in total. The Kier molecular flexibility index (Phi) is 4.00. The van der Waals surface area contributed by atoms with Crippen LogP contribution in [-0.4, -0.2) is 36.7 Å². The summed E-state index contributed by atoms with van der Waals surface area (Å²) >= 11 is 6.95. The maximum Gasteiger partial charge on any atom is 0.321 e. The van der Waals surface area contributed by atoms with Crippen LogP contribution in [0.1, 0.15) is 5.69 Å². The van der Waals surface area contributed by atoms with E-state index in [-0.39, 0.29) is 17.9 Å². The lowest BCUT2D eigenvalue weighted by Crippen LogP contribution is -2.00. The van der Waals surface area contributed by atoms with E-state index in [4.69, 9.17) is 21.4 Å². The van der Waals surface area contributed by atoms with Gasteiger partial charge in [0.2, 0.25) is 10.4 Å². The molecule has 0 amide bonds. The predicted octanol–water partition coefficient (Wildman–Crippen LogP) is 0.911. The number of ether oxygens (including phenoxy) is 1. The van der Waals surface area contributed by atoms with E-state index < -0.39 is 0 Å². The van der Waals surface area contributed by atoms with Crippen LogP contribution < -0.4 is 4.74 Å². The van der Waals surface area contributed by atoms with Gasteiger partial charge in [0.1, 0.15) is 0 Å². The molecule has 2 aromatic rings. The minimum Gasteiger partial charge on any atom is -0.467 e. The summed E-state index contributed by atoms with van der Waals surface area (Å²) in [6.45, 7) is -0.0780. The number of hydrogen-bond acceptors (Lipinski definition) is 7. The highest BCUT2D eigenvalue weighted by atomic mass is 35.5. The summed E-state index contributed by atoms with van der Waals surface area (Å²) in [5.74, 6) is 0. The molecule has 0 aliphatic carbocycles. The van der Waals surface area contributed by atoms with Crippen molar-refractivity contribution >= 4 is 23.4 Å². The third kappa shape index (κ3) is 2.71. The van der Waals surface area contributed by atoms with Gasteiger partial charge >= 0.3 is 6.01 Å². The van der Waals surface area contributed by atoms with E-state index in [0.29, 0.717) is 16.0 Å². The summed E-state index contributed by atoms with van der Waals surface area (Å²) in [5.41, 5.74) is 0.699. The van der Waals surface area contributed by atoms with Crippen LogP contribution in [0, 0.1) is 0 Å². The van der Waals surface area contributed by atoms with Gasteiger partial charge in [-0.3, -0.25) is 0 Å². The van der Waals surface area contributed by atoms with Crippen molar-refractivity contribution in [2.24, 2.45) is 7.05 Å². The summed E-state index contributed by atoms with van der Waals surface area (Å²) in [4.78, 5) is 15.9. The number of hydrogen-bond donors (Lipinski definition) is 1. The Morgan fingerprint density at radius 1 is 1.44 bits per heavy atom. The Bertz CT molecular complexity index is 562. The first-order valence-corrected chi connectivity index (χ1v) is 6.08. The molecular formula is C9H10ClN5O2S. The lowest BCUT2D eigenvalue weighted by atomic mass is 10.5. The first-order chi connectivity index (χ1) is 8.63. The normalized spacial score (nSPS) is 10.7. The lowest BCUT2D eigenvalue weighted by molar-refractivity contribution is 0.271.